The van der Waals surface area contributed by atoms with E-state index in [-0.39, 0.29) is 30.3 Å². The van der Waals surface area contributed by atoms with Crippen LogP contribution in [0.25, 0.3) is 0 Å². The Morgan fingerprint density at radius 3 is 2.08 bits per heavy atom. The number of rotatable bonds is 6. The molecule has 0 aromatic heterocycles. The number of carbonyl (C=O) groups is 4. The van der Waals surface area contributed by atoms with Crippen molar-refractivity contribution in [3.05, 3.63) is 95.6 Å². The Morgan fingerprint density at radius 2 is 1.37 bits per heavy atom. The normalized spacial score (nSPS) is 20.3. The van der Waals surface area contributed by atoms with Gasteiger partial charge in [0.15, 0.2) is 0 Å². The van der Waals surface area contributed by atoms with Crippen LogP contribution < -0.4 is 9.80 Å². The lowest BCUT2D eigenvalue weighted by molar-refractivity contribution is -0.123. The van der Waals surface area contributed by atoms with Gasteiger partial charge in [-0.3, -0.25) is 24.1 Å². The highest BCUT2D eigenvalue weighted by Crippen LogP contribution is 2.43. The van der Waals surface area contributed by atoms with Crippen LogP contribution in [0.3, 0.4) is 0 Å². The van der Waals surface area contributed by atoms with Crippen LogP contribution in [0.15, 0.2) is 78.9 Å². The zero-order chi connectivity index (χ0) is 26.2. The highest BCUT2D eigenvalue weighted by molar-refractivity contribution is 6.23. The summed E-state index contributed by atoms with van der Waals surface area (Å²) in [5.74, 6) is -1.52. The minimum absolute atomic E-state index is 0.0454. The molecule has 38 heavy (non-hydrogen) atoms. The van der Waals surface area contributed by atoms with Crippen LogP contribution in [0.2, 0.25) is 0 Å². The van der Waals surface area contributed by atoms with Gasteiger partial charge in [-0.1, -0.05) is 61.0 Å². The molecule has 0 N–H and O–H groups in total. The first-order chi connectivity index (χ1) is 18.5. The molecule has 0 radical (unpaired) electrons. The third-order valence-electron chi connectivity index (χ3n) is 7.96. The van der Waals surface area contributed by atoms with Crippen LogP contribution in [-0.2, 0) is 16.0 Å². The molecule has 0 unspecified atom stereocenters. The molecule has 0 saturated heterocycles. The van der Waals surface area contributed by atoms with Gasteiger partial charge in [-0.25, -0.2) is 0 Å². The van der Waals surface area contributed by atoms with Gasteiger partial charge >= 0.3 is 0 Å². The average molecular weight is 508 g/mol. The SMILES string of the molecule is O=C1c2ccccc2C(=O)N1CC(=O)N1c2ccccc2N(CCCc2ccccc2)C(=O)[C@H]2CCC[C@H]21. The highest BCUT2D eigenvalue weighted by atomic mass is 16.2. The molecule has 2 heterocycles. The van der Waals surface area contributed by atoms with Crippen molar-refractivity contribution >= 4 is 35.0 Å². The van der Waals surface area contributed by atoms with E-state index in [2.05, 4.69) is 12.1 Å². The number of hydrogen-bond acceptors (Lipinski definition) is 4. The van der Waals surface area contributed by atoms with Gasteiger partial charge in [-0.2, -0.15) is 0 Å². The van der Waals surface area contributed by atoms with E-state index in [1.165, 1.54) is 5.56 Å². The van der Waals surface area contributed by atoms with Gasteiger partial charge in [0.25, 0.3) is 11.8 Å². The van der Waals surface area contributed by atoms with E-state index in [4.69, 9.17) is 0 Å². The lowest BCUT2D eigenvalue weighted by Crippen LogP contribution is -2.49. The van der Waals surface area contributed by atoms with E-state index in [1.807, 2.05) is 47.4 Å². The number of anilines is 2. The lowest BCUT2D eigenvalue weighted by Gasteiger charge is -2.31. The topological polar surface area (TPSA) is 78.0 Å². The van der Waals surface area contributed by atoms with Gasteiger partial charge in [0.1, 0.15) is 6.54 Å². The van der Waals surface area contributed by atoms with Gasteiger partial charge in [0.2, 0.25) is 11.8 Å². The van der Waals surface area contributed by atoms with E-state index < -0.39 is 11.8 Å². The average Bonchev–Trinajstić information content (AvgIpc) is 3.49. The van der Waals surface area contributed by atoms with Crippen molar-refractivity contribution in [2.24, 2.45) is 5.92 Å². The zero-order valence-electron chi connectivity index (χ0n) is 21.1. The molecule has 2 aliphatic heterocycles. The third kappa shape index (κ3) is 4.08. The summed E-state index contributed by atoms with van der Waals surface area (Å²) in [6.07, 6.45) is 3.91. The van der Waals surface area contributed by atoms with E-state index in [9.17, 15) is 19.2 Å². The molecule has 6 rings (SSSR count). The molecule has 3 aliphatic rings. The molecule has 2 atom stereocenters. The van der Waals surface area contributed by atoms with Crippen molar-refractivity contribution in [3.8, 4) is 0 Å². The fraction of sp³-hybridized carbons (Fsp3) is 0.290. The van der Waals surface area contributed by atoms with Crippen molar-refractivity contribution in [3.63, 3.8) is 0 Å². The molecule has 3 aromatic rings. The molecular weight excluding hydrogens is 478 g/mol. The lowest BCUT2D eigenvalue weighted by atomic mass is 10.0. The molecule has 192 valence electrons. The Labute approximate surface area is 221 Å². The van der Waals surface area contributed by atoms with Gasteiger partial charge in [-0.05, 0) is 55.5 Å². The van der Waals surface area contributed by atoms with Gasteiger partial charge in [0.05, 0.1) is 28.4 Å². The summed E-state index contributed by atoms with van der Waals surface area (Å²) in [6, 6.07) is 24.0. The van der Waals surface area contributed by atoms with E-state index in [0.717, 1.165) is 24.2 Å². The maximum Gasteiger partial charge on any atom is 0.262 e. The first-order valence-electron chi connectivity index (χ1n) is 13.3. The Balaban J connectivity index is 1.30. The van der Waals surface area contributed by atoms with Crippen molar-refractivity contribution in [2.45, 2.75) is 38.1 Å². The minimum atomic E-state index is -0.455. The standard InChI is InChI=1S/C31H29N3O4/c35-28(20-33-29(36)22-13-4-5-14-23(22)30(33)37)34-25-18-8-15-24(25)31(38)32(26-16-6-7-17-27(26)34)19-9-12-21-10-2-1-3-11-21/h1-7,10-11,13-14,16-17,24-25H,8-9,12,15,18-20H2/t24-,25+/m0/s1. The molecular formula is C31H29N3O4. The molecule has 0 spiro atoms. The first-order valence-corrected chi connectivity index (χ1v) is 13.3. The van der Waals surface area contributed by atoms with Crippen molar-refractivity contribution in [2.75, 3.05) is 22.9 Å². The minimum Gasteiger partial charge on any atom is -0.310 e. The second-order valence-electron chi connectivity index (χ2n) is 10.2. The van der Waals surface area contributed by atoms with E-state index in [0.29, 0.717) is 41.9 Å². The van der Waals surface area contributed by atoms with Crippen LogP contribution >= 0.6 is 0 Å². The number of benzene rings is 3. The second-order valence-corrected chi connectivity index (χ2v) is 10.2. The quantitative estimate of drug-likeness (QED) is 0.462. The van der Waals surface area contributed by atoms with Gasteiger partial charge < -0.3 is 9.80 Å². The Bertz CT molecular complexity index is 1380. The van der Waals surface area contributed by atoms with Crippen LogP contribution in [0.4, 0.5) is 11.4 Å². The largest absolute Gasteiger partial charge is 0.310 e. The third-order valence-corrected chi connectivity index (χ3v) is 7.96. The monoisotopic (exact) mass is 507 g/mol. The maximum atomic E-state index is 13.9. The molecule has 1 saturated carbocycles. The molecule has 1 fully saturated rings. The number of amides is 4. The number of para-hydroxylation sites is 2. The van der Waals surface area contributed by atoms with E-state index >= 15 is 0 Å². The number of carbonyl (C=O) groups excluding carboxylic acids is 4. The van der Waals surface area contributed by atoms with Crippen molar-refractivity contribution in [1.29, 1.82) is 0 Å². The molecule has 3 aromatic carbocycles. The Hall–Kier alpha value is -4.26. The number of imide groups is 1. The van der Waals surface area contributed by atoms with Crippen molar-refractivity contribution in [1.82, 2.24) is 4.90 Å². The summed E-state index contributed by atoms with van der Waals surface area (Å²) in [7, 11) is 0. The van der Waals surface area contributed by atoms with E-state index in [1.54, 1.807) is 29.2 Å². The Morgan fingerprint density at radius 1 is 0.737 bits per heavy atom. The molecule has 7 heteroatoms. The maximum absolute atomic E-state index is 13.9. The summed E-state index contributed by atoms with van der Waals surface area (Å²) < 4.78 is 0. The zero-order valence-corrected chi connectivity index (χ0v) is 21.1. The summed E-state index contributed by atoms with van der Waals surface area (Å²) in [5.41, 5.74) is 3.23. The Kier molecular flexibility index (Phi) is 6.27. The summed E-state index contributed by atoms with van der Waals surface area (Å²) >= 11 is 0. The first kappa shape index (κ1) is 24.1. The predicted molar refractivity (Wildman–Crippen MR) is 144 cm³/mol. The van der Waals surface area contributed by atoms with Crippen LogP contribution in [0.1, 0.15) is 52.0 Å². The van der Waals surface area contributed by atoms with Gasteiger partial charge in [0, 0.05) is 12.6 Å². The van der Waals surface area contributed by atoms with Crippen LogP contribution in [-0.4, -0.2) is 47.7 Å². The fourth-order valence-corrected chi connectivity index (χ4v) is 6.16. The van der Waals surface area contributed by atoms with Crippen LogP contribution in [0.5, 0.6) is 0 Å². The smallest absolute Gasteiger partial charge is 0.262 e. The van der Waals surface area contributed by atoms with Crippen LogP contribution in [0, 0.1) is 5.92 Å². The fourth-order valence-electron chi connectivity index (χ4n) is 6.16. The number of hydrogen-bond donors (Lipinski definition) is 0. The van der Waals surface area contributed by atoms with Gasteiger partial charge in [-0.15, -0.1) is 0 Å². The highest BCUT2D eigenvalue weighted by Gasteiger charge is 2.46. The number of fused-ring (bicyclic) bond motifs is 3. The molecule has 4 amide bonds. The summed E-state index contributed by atoms with van der Waals surface area (Å²) in [5, 5.41) is 0. The van der Waals surface area contributed by atoms with Crippen molar-refractivity contribution < 1.29 is 19.2 Å². The molecule has 1 aliphatic carbocycles. The predicted octanol–water partition coefficient (Wildman–Crippen LogP) is 4.46. The molecule has 7 nitrogen and oxygen atoms in total. The second kappa shape index (κ2) is 9.89. The number of aryl methyl sites for hydroxylation is 1. The molecule has 0 bridgehead atoms. The summed E-state index contributed by atoms with van der Waals surface area (Å²) in [6.45, 7) is 0.195. The summed E-state index contributed by atoms with van der Waals surface area (Å²) in [4.78, 5) is 58.3. The number of nitrogens with zero attached hydrogens (tertiary/aromatic N) is 3.